The zero-order valence-electron chi connectivity index (χ0n) is 11.2. The van der Waals surface area contributed by atoms with Crippen LogP contribution >= 0.6 is 15.9 Å². The number of carbonyl (C=O) groups is 1. The van der Waals surface area contributed by atoms with E-state index in [0.717, 1.165) is 14.6 Å². The second kappa shape index (κ2) is 4.89. The molecule has 0 saturated heterocycles. The lowest BCUT2D eigenvalue weighted by Crippen LogP contribution is -2.24. The molecule has 0 aliphatic carbocycles. The minimum Gasteiger partial charge on any atom is -0.398 e. The maximum Gasteiger partial charge on any atom is 0.333 e. The second-order valence-corrected chi connectivity index (χ2v) is 5.72. The molecule has 0 aliphatic heterocycles. The first-order valence-electron chi connectivity index (χ1n) is 6.28. The number of nitrogen functional groups attached to an aromatic ring is 1. The summed E-state index contributed by atoms with van der Waals surface area (Å²) in [4.78, 5) is 27.3. The number of aryl methyl sites for hydroxylation is 1. The molecule has 21 heavy (non-hydrogen) atoms. The molecule has 0 saturated carbocycles. The Balaban J connectivity index is 2.22. The summed E-state index contributed by atoms with van der Waals surface area (Å²) in [6, 6.07) is 10.3. The lowest BCUT2D eigenvalue weighted by Gasteiger charge is -2.04. The molecule has 6 heteroatoms. The molecule has 106 valence electrons. The Bertz CT molecular complexity index is 907. The molecular weight excluding hydrogens is 334 g/mol. The third kappa shape index (κ3) is 2.27. The van der Waals surface area contributed by atoms with E-state index < -0.39 is 5.69 Å². The number of imidazole rings is 1. The van der Waals surface area contributed by atoms with E-state index in [1.54, 1.807) is 36.4 Å². The fraction of sp³-hybridized carbons (Fsp3) is 0.0667. The van der Waals surface area contributed by atoms with Crippen LogP contribution in [0.5, 0.6) is 0 Å². The van der Waals surface area contributed by atoms with Crippen LogP contribution in [-0.4, -0.2) is 15.5 Å². The van der Waals surface area contributed by atoms with Crippen molar-refractivity contribution in [2.24, 2.45) is 0 Å². The van der Waals surface area contributed by atoms with Crippen molar-refractivity contribution >= 4 is 38.6 Å². The molecule has 2 aromatic carbocycles. The lowest BCUT2D eigenvalue weighted by atomic mass is 10.1. The lowest BCUT2D eigenvalue weighted by molar-refractivity contribution is 0.0961. The van der Waals surface area contributed by atoms with Gasteiger partial charge in [0.1, 0.15) is 0 Å². The van der Waals surface area contributed by atoms with E-state index in [-0.39, 0.29) is 5.91 Å². The van der Waals surface area contributed by atoms with Crippen LogP contribution in [0.15, 0.2) is 45.7 Å². The third-order valence-corrected chi connectivity index (χ3v) is 3.89. The van der Waals surface area contributed by atoms with Crippen LogP contribution in [0.4, 0.5) is 5.69 Å². The van der Waals surface area contributed by atoms with E-state index in [9.17, 15) is 9.59 Å². The third-order valence-electron chi connectivity index (χ3n) is 3.36. The number of anilines is 1. The highest BCUT2D eigenvalue weighted by atomic mass is 79.9. The van der Waals surface area contributed by atoms with Crippen molar-refractivity contribution in [2.75, 3.05) is 5.73 Å². The molecular formula is C15H12BrN3O2. The SMILES string of the molecule is Cc1cc2c(cc1N)[nH]c(=O)n2C(=O)c1ccc(Br)cc1. The van der Waals surface area contributed by atoms with Crippen LogP contribution in [0.3, 0.4) is 0 Å². The van der Waals surface area contributed by atoms with Crippen molar-refractivity contribution in [3.8, 4) is 0 Å². The number of nitrogens with one attached hydrogen (secondary N) is 1. The van der Waals surface area contributed by atoms with Crippen LogP contribution in [-0.2, 0) is 0 Å². The van der Waals surface area contributed by atoms with Gasteiger partial charge in [-0.05, 0) is 48.9 Å². The van der Waals surface area contributed by atoms with Gasteiger partial charge in [-0.25, -0.2) is 9.36 Å². The van der Waals surface area contributed by atoms with Crippen LogP contribution in [0, 0.1) is 6.92 Å². The number of aromatic nitrogens is 2. The molecule has 3 aromatic rings. The molecule has 3 N–H and O–H groups in total. The Labute approximate surface area is 128 Å². The highest BCUT2D eigenvalue weighted by Crippen LogP contribution is 2.20. The standard InChI is InChI=1S/C15H12BrN3O2/c1-8-6-13-12(7-11(8)17)18-15(21)19(13)14(20)9-2-4-10(16)5-3-9/h2-7H,17H2,1H3,(H,18,21). The molecule has 3 rings (SSSR count). The second-order valence-electron chi connectivity index (χ2n) is 4.80. The van der Waals surface area contributed by atoms with Gasteiger partial charge in [0.25, 0.3) is 5.91 Å². The van der Waals surface area contributed by atoms with E-state index in [1.807, 2.05) is 6.92 Å². The van der Waals surface area contributed by atoms with E-state index in [2.05, 4.69) is 20.9 Å². The summed E-state index contributed by atoms with van der Waals surface area (Å²) < 4.78 is 2.00. The molecule has 0 atom stereocenters. The summed E-state index contributed by atoms with van der Waals surface area (Å²) in [5.41, 5.74) is 8.27. The fourth-order valence-electron chi connectivity index (χ4n) is 2.20. The van der Waals surface area contributed by atoms with E-state index >= 15 is 0 Å². The Kier molecular flexibility index (Phi) is 3.17. The van der Waals surface area contributed by atoms with E-state index in [0.29, 0.717) is 22.3 Å². The number of H-pyrrole nitrogens is 1. The van der Waals surface area contributed by atoms with Crippen LogP contribution in [0.25, 0.3) is 11.0 Å². The van der Waals surface area contributed by atoms with Gasteiger partial charge in [0, 0.05) is 15.7 Å². The molecule has 1 aromatic heterocycles. The van der Waals surface area contributed by atoms with Crippen molar-refractivity contribution < 1.29 is 4.79 Å². The highest BCUT2D eigenvalue weighted by Gasteiger charge is 2.16. The highest BCUT2D eigenvalue weighted by molar-refractivity contribution is 9.10. The summed E-state index contributed by atoms with van der Waals surface area (Å²) in [5, 5.41) is 0. The molecule has 5 nitrogen and oxygen atoms in total. The Hall–Kier alpha value is -2.34. The number of fused-ring (bicyclic) bond motifs is 1. The minimum absolute atomic E-state index is 0.372. The van der Waals surface area contributed by atoms with Gasteiger partial charge < -0.3 is 10.7 Å². The number of nitrogens with two attached hydrogens (primary N) is 1. The number of hydrogen-bond acceptors (Lipinski definition) is 3. The van der Waals surface area contributed by atoms with Gasteiger partial charge in [0.05, 0.1) is 11.0 Å². The summed E-state index contributed by atoms with van der Waals surface area (Å²) in [5.74, 6) is -0.372. The molecule has 0 fully saturated rings. The van der Waals surface area contributed by atoms with Crippen LogP contribution in [0.1, 0.15) is 15.9 Å². The normalized spacial score (nSPS) is 11.0. The first kappa shape index (κ1) is 13.6. The average molecular weight is 346 g/mol. The first-order valence-corrected chi connectivity index (χ1v) is 7.08. The number of aromatic amines is 1. The van der Waals surface area contributed by atoms with Crippen molar-refractivity contribution in [2.45, 2.75) is 6.92 Å². The van der Waals surface area contributed by atoms with E-state index in [4.69, 9.17) is 5.73 Å². The summed E-state index contributed by atoms with van der Waals surface area (Å²) in [6.45, 7) is 1.83. The molecule has 0 unspecified atom stereocenters. The van der Waals surface area contributed by atoms with Gasteiger partial charge in [-0.2, -0.15) is 0 Å². The zero-order valence-corrected chi connectivity index (χ0v) is 12.8. The van der Waals surface area contributed by atoms with Gasteiger partial charge in [-0.1, -0.05) is 15.9 Å². The number of halogens is 1. The Morgan fingerprint density at radius 3 is 2.57 bits per heavy atom. The Morgan fingerprint density at radius 1 is 1.24 bits per heavy atom. The molecule has 0 radical (unpaired) electrons. The summed E-state index contributed by atoms with van der Waals surface area (Å²) in [6.07, 6.45) is 0. The largest absolute Gasteiger partial charge is 0.398 e. The molecule has 0 spiro atoms. The fourth-order valence-corrected chi connectivity index (χ4v) is 2.46. The predicted octanol–water partition coefficient (Wildman–Crippen LogP) is 2.67. The monoisotopic (exact) mass is 345 g/mol. The van der Waals surface area contributed by atoms with Gasteiger partial charge in [0.15, 0.2) is 0 Å². The molecule has 0 bridgehead atoms. The maximum atomic E-state index is 12.5. The van der Waals surface area contributed by atoms with Crippen molar-refractivity contribution in [3.05, 3.63) is 62.5 Å². The van der Waals surface area contributed by atoms with Crippen LogP contribution < -0.4 is 11.4 Å². The van der Waals surface area contributed by atoms with Gasteiger partial charge in [0.2, 0.25) is 0 Å². The smallest absolute Gasteiger partial charge is 0.333 e. The zero-order chi connectivity index (χ0) is 15.1. The number of benzene rings is 2. The topological polar surface area (TPSA) is 80.9 Å². The van der Waals surface area contributed by atoms with Crippen molar-refractivity contribution in [1.82, 2.24) is 9.55 Å². The van der Waals surface area contributed by atoms with Gasteiger partial charge >= 0.3 is 5.69 Å². The van der Waals surface area contributed by atoms with Crippen molar-refractivity contribution in [1.29, 1.82) is 0 Å². The van der Waals surface area contributed by atoms with Crippen molar-refractivity contribution in [3.63, 3.8) is 0 Å². The van der Waals surface area contributed by atoms with E-state index in [1.165, 1.54) is 0 Å². The quantitative estimate of drug-likeness (QED) is 0.665. The first-order chi connectivity index (χ1) is 9.97. The Morgan fingerprint density at radius 2 is 1.90 bits per heavy atom. The number of carbonyl (C=O) groups excluding carboxylic acids is 1. The average Bonchev–Trinajstić information content (AvgIpc) is 2.75. The van der Waals surface area contributed by atoms with Gasteiger partial charge in [-0.3, -0.25) is 4.79 Å². The van der Waals surface area contributed by atoms with Crippen LogP contribution in [0.2, 0.25) is 0 Å². The predicted molar refractivity (Wildman–Crippen MR) is 85.6 cm³/mol. The maximum absolute atomic E-state index is 12.5. The molecule has 0 aliphatic rings. The minimum atomic E-state index is -0.470. The molecule has 0 amide bonds. The molecule has 1 heterocycles. The van der Waals surface area contributed by atoms with Gasteiger partial charge in [-0.15, -0.1) is 0 Å². The summed E-state index contributed by atoms with van der Waals surface area (Å²) in [7, 11) is 0. The number of rotatable bonds is 1. The summed E-state index contributed by atoms with van der Waals surface area (Å²) >= 11 is 3.32. The number of hydrogen-bond donors (Lipinski definition) is 2. The number of nitrogens with zero attached hydrogens (tertiary/aromatic N) is 1.